The minimum absolute atomic E-state index is 0.352. The second-order valence-electron chi connectivity index (χ2n) is 7.00. The molecule has 0 fully saturated rings. The molecule has 2 heteroatoms. The number of nitrogens with one attached hydrogen (secondary N) is 1. The number of hydrogen-bond acceptors (Lipinski definition) is 2. The number of thioether (sulfide) groups is 1. The molecule has 1 aliphatic rings. The van der Waals surface area contributed by atoms with Gasteiger partial charge in [0.2, 0.25) is 0 Å². The monoisotopic (exact) mass is 291 g/mol. The molecule has 1 heterocycles. The van der Waals surface area contributed by atoms with Crippen molar-refractivity contribution in [1.29, 1.82) is 0 Å². The van der Waals surface area contributed by atoms with Crippen LogP contribution in [0.5, 0.6) is 0 Å². The molecule has 2 rings (SSSR count). The summed E-state index contributed by atoms with van der Waals surface area (Å²) in [7, 11) is 0. The molecule has 0 saturated carbocycles. The molecular weight excluding hydrogens is 262 g/mol. The Morgan fingerprint density at radius 3 is 2.70 bits per heavy atom. The van der Waals surface area contributed by atoms with Crippen LogP contribution in [0.25, 0.3) is 0 Å². The molecular formula is C18H29NS. The van der Waals surface area contributed by atoms with E-state index in [1.54, 1.807) is 5.56 Å². The van der Waals surface area contributed by atoms with Gasteiger partial charge in [0, 0.05) is 16.2 Å². The Kier molecular flexibility index (Phi) is 5.57. The van der Waals surface area contributed by atoms with E-state index in [-0.39, 0.29) is 0 Å². The van der Waals surface area contributed by atoms with Crippen molar-refractivity contribution in [2.75, 3.05) is 6.54 Å². The van der Waals surface area contributed by atoms with Crippen LogP contribution in [-0.2, 0) is 6.42 Å². The molecule has 0 amide bonds. The van der Waals surface area contributed by atoms with Crippen LogP contribution >= 0.6 is 11.8 Å². The van der Waals surface area contributed by atoms with Crippen molar-refractivity contribution < 1.29 is 0 Å². The van der Waals surface area contributed by atoms with E-state index < -0.39 is 0 Å². The molecule has 1 aliphatic heterocycles. The van der Waals surface area contributed by atoms with E-state index in [0.29, 0.717) is 11.5 Å². The summed E-state index contributed by atoms with van der Waals surface area (Å²) in [6.07, 6.45) is 5.08. The van der Waals surface area contributed by atoms with Crippen LogP contribution < -0.4 is 5.32 Å². The first-order valence-electron chi connectivity index (χ1n) is 7.98. The zero-order valence-electron chi connectivity index (χ0n) is 13.4. The standard InChI is InChI=1S/C18H29NS/c1-5-12-19-17(18(2,3)4)11-10-15-13-14-8-6-7-9-16(14)20-15/h6-9,15,17,19H,5,10-13H2,1-4H3. The maximum Gasteiger partial charge on any atom is 0.0136 e. The summed E-state index contributed by atoms with van der Waals surface area (Å²) < 4.78 is 0. The highest BCUT2D eigenvalue weighted by Crippen LogP contribution is 2.39. The number of fused-ring (bicyclic) bond motifs is 1. The van der Waals surface area contributed by atoms with E-state index in [2.05, 4.69) is 69.0 Å². The molecule has 2 atom stereocenters. The highest BCUT2D eigenvalue weighted by molar-refractivity contribution is 8.00. The van der Waals surface area contributed by atoms with Crippen LogP contribution in [0.15, 0.2) is 29.2 Å². The Labute approximate surface area is 128 Å². The van der Waals surface area contributed by atoms with Crippen molar-refractivity contribution in [3.05, 3.63) is 29.8 Å². The third-order valence-electron chi connectivity index (χ3n) is 4.18. The van der Waals surface area contributed by atoms with Crippen molar-refractivity contribution in [2.45, 2.75) is 69.6 Å². The maximum atomic E-state index is 3.75. The Morgan fingerprint density at radius 1 is 1.30 bits per heavy atom. The van der Waals surface area contributed by atoms with Gasteiger partial charge in [0.25, 0.3) is 0 Å². The minimum atomic E-state index is 0.352. The van der Waals surface area contributed by atoms with Crippen LogP contribution in [0.4, 0.5) is 0 Å². The summed E-state index contributed by atoms with van der Waals surface area (Å²) in [6.45, 7) is 10.5. The smallest absolute Gasteiger partial charge is 0.0136 e. The van der Waals surface area contributed by atoms with Gasteiger partial charge in [-0.25, -0.2) is 0 Å². The lowest BCUT2D eigenvalue weighted by molar-refractivity contribution is 0.251. The number of rotatable bonds is 6. The van der Waals surface area contributed by atoms with Gasteiger partial charge in [0.05, 0.1) is 0 Å². The highest BCUT2D eigenvalue weighted by Gasteiger charge is 2.27. The summed E-state index contributed by atoms with van der Waals surface area (Å²) in [5.41, 5.74) is 1.90. The summed E-state index contributed by atoms with van der Waals surface area (Å²) >= 11 is 2.08. The van der Waals surface area contributed by atoms with Gasteiger partial charge in [-0.05, 0) is 49.3 Å². The lowest BCUT2D eigenvalue weighted by Gasteiger charge is -2.32. The molecule has 112 valence electrons. The van der Waals surface area contributed by atoms with Gasteiger partial charge in [-0.3, -0.25) is 0 Å². The summed E-state index contributed by atoms with van der Waals surface area (Å²) in [5, 5.41) is 4.52. The topological polar surface area (TPSA) is 12.0 Å². The molecule has 20 heavy (non-hydrogen) atoms. The SMILES string of the molecule is CCCNC(CCC1Cc2ccccc2S1)C(C)(C)C. The fourth-order valence-corrected chi connectivity index (χ4v) is 4.26. The van der Waals surface area contributed by atoms with E-state index >= 15 is 0 Å². The molecule has 0 spiro atoms. The second-order valence-corrected chi connectivity index (χ2v) is 8.34. The third-order valence-corrected chi connectivity index (χ3v) is 5.57. The van der Waals surface area contributed by atoms with E-state index in [9.17, 15) is 0 Å². The summed E-state index contributed by atoms with van der Waals surface area (Å²) in [6, 6.07) is 9.53. The van der Waals surface area contributed by atoms with Gasteiger partial charge in [-0.1, -0.05) is 45.9 Å². The predicted molar refractivity (Wildman–Crippen MR) is 90.6 cm³/mol. The lowest BCUT2D eigenvalue weighted by atomic mass is 9.83. The first-order valence-corrected chi connectivity index (χ1v) is 8.86. The molecule has 0 aliphatic carbocycles. The van der Waals surface area contributed by atoms with Crippen LogP contribution in [0.1, 0.15) is 52.5 Å². The van der Waals surface area contributed by atoms with E-state index in [1.165, 1.54) is 30.6 Å². The maximum absolute atomic E-state index is 3.75. The van der Waals surface area contributed by atoms with Crippen LogP contribution in [-0.4, -0.2) is 17.8 Å². The third kappa shape index (κ3) is 4.26. The highest BCUT2D eigenvalue weighted by atomic mass is 32.2. The average Bonchev–Trinajstić information content (AvgIpc) is 2.79. The second kappa shape index (κ2) is 7.00. The Balaban J connectivity index is 1.85. The average molecular weight is 292 g/mol. The van der Waals surface area contributed by atoms with Gasteiger partial charge in [-0.2, -0.15) is 0 Å². The summed E-state index contributed by atoms with van der Waals surface area (Å²) in [5.74, 6) is 0. The first-order chi connectivity index (χ1) is 9.50. The number of benzene rings is 1. The molecule has 0 bridgehead atoms. The largest absolute Gasteiger partial charge is 0.313 e. The van der Waals surface area contributed by atoms with Crippen molar-refractivity contribution in [3.63, 3.8) is 0 Å². The molecule has 1 aromatic rings. The van der Waals surface area contributed by atoms with Crippen molar-refractivity contribution in [1.82, 2.24) is 5.32 Å². The molecule has 2 unspecified atom stereocenters. The molecule has 1 nitrogen and oxygen atoms in total. The molecule has 0 radical (unpaired) electrons. The molecule has 1 N–H and O–H groups in total. The normalized spacial score (nSPS) is 19.9. The van der Waals surface area contributed by atoms with Crippen LogP contribution in [0.3, 0.4) is 0 Å². The van der Waals surface area contributed by atoms with E-state index in [1.807, 2.05) is 0 Å². The zero-order chi connectivity index (χ0) is 14.6. The fraction of sp³-hybridized carbons (Fsp3) is 0.667. The van der Waals surface area contributed by atoms with Gasteiger partial charge in [-0.15, -0.1) is 11.8 Å². The van der Waals surface area contributed by atoms with E-state index in [0.717, 1.165) is 11.8 Å². The molecule has 0 saturated heterocycles. The number of hydrogen-bond donors (Lipinski definition) is 1. The van der Waals surface area contributed by atoms with Crippen molar-refractivity contribution in [2.24, 2.45) is 5.41 Å². The van der Waals surface area contributed by atoms with Crippen molar-refractivity contribution >= 4 is 11.8 Å². The molecule has 0 aromatic heterocycles. The Bertz CT molecular complexity index is 397. The zero-order valence-corrected chi connectivity index (χ0v) is 14.2. The van der Waals surface area contributed by atoms with Crippen LogP contribution in [0.2, 0.25) is 0 Å². The van der Waals surface area contributed by atoms with Gasteiger partial charge >= 0.3 is 0 Å². The van der Waals surface area contributed by atoms with Crippen molar-refractivity contribution in [3.8, 4) is 0 Å². The van der Waals surface area contributed by atoms with Gasteiger partial charge in [0.15, 0.2) is 0 Å². The minimum Gasteiger partial charge on any atom is -0.313 e. The lowest BCUT2D eigenvalue weighted by Crippen LogP contribution is -2.41. The van der Waals surface area contributed by atoms with Gasteiger partial charge in [0.1, 0.15) is 0 Å². The van der Waals surface area contributed by atoms with Crippen LogP contribution in [0, 0.1) is 5.41 Å². The van der Waals surface area contributed by atoms with Gasteiger partial charge < -0.3 is 5.32 Å². The first kappa shape index (κ1) is 15.9. The summed E-state index contributed by atoms with van der Waals surface area (Å²) in [4.78, 5) is 1.51. The predicted octanol–water partition coefficient (Wildman–Crippen LogP) is 4.90. The van der Waals surface area contributed by atoms with E-state index in [4.69, 9.17) is 0 Å². The Hall–Kier alpha value is -0.470. The molecule has 1 aromatic carbocycles. The fourth-order valence-electron chi connectivity index (χ4n) is 2.93. The quantitative estimate of drug-likeness (QED) is 0.800. The Morgan fingerprint density at radius 2 is 2.05 bits per heavy atom.